The Bertz CT molecular complexity index is 442. The molecule has 5 heteroatoms. The van der Waals surface area contributed by atoms with E-state index in [-0.39, 0.29) is 23.8 Å². The lowest BCUT2D eigenvalue weighted by atomic mass is 9.96. The van der Waals surface area contributed by atoms with Gasteiger partial charge < -0.3 is 5.32 Å². The molecule has 2 rings (SSSR count). The number of nitrogens with one attached hydrogen (secondary N) is 1. The van der Waals surface area contributed by atoms with Crippen LogP contribution in [0.15, 0.2) is 16.8 Å². The van der Waals surface area contributed by atoms with E-state index in [0.717, 1.165) is 5.69 Å². The zero-order chi connectivity index (χ0) is 13.3. The molecule has 4 nitrogen and oxygen atoms in total. The van der Waals surface area contributed by atoms with Gasteiger partial charge in [-0.3, -0.25) is 14.5 Å². The summed E-state index contributed by atoms with van der Waals surface area (Å²) in [5.41, 5.74) is 0.831. The number of hydrogen-bond donors (Lipinski definition) is 1. The topological polar surface area (TPSA) is 49.4 Å². The molecule has 1 aliphatic heterocycles. The van der Waals surface area contributed by atoms with Gasteiger partial charge in [-0.1, -0.05) is 20.8 Å². The van der Waals surface area contributed by atoms with Gasteiger partial charge in [-0.15, -0.1) is 0 Å². The van der Waals surface area contributed by atoms with Gasteiger partial charge in [-0.25, -0.2) is 0 Å². The summed E-state index contributed by atoms with van der Waals surface area (Å²) in [4.78, 5) is 26.2. The van der Waals surface area contributed by atoms with Gasteiger partial charge in [0.1, 0.15) is 12.1 Å². The summed E-state index contributed by atoms with van der Waals surface area (Å²) in [5.74, 6) is 0.0391. The zero-order valence-electron chi connectivity index (χ0n) is 10.8. The van der Waals surface area contributed by atoms with Gasteiger partial charge in [0.25, 0.3) is 5.91 Å². The molecule has 1 saturated heterocycles. The van der Waals surface area contributed by atoms with E-state index in [1.165, 1.54) is 11.3 Å². The SMILES string of the molecule is CCC1C(=O)NC(C(C)C)C(=O)N1c1ccsc1. The van der Waals surface area contributed by atoms with Crippen LogP contribution in [-0.4, -0.2) is 23.9 Å². The molecule has 0 aromatic carbocycles. The molecular weight excluding hydrogens is 248 g/mol. The third kappa shape index (κ3) is 2.14. The van der Waals surface area contributed by atoms with Gasteiger partial charge >= 0.3 is 0 Å². The van der Waals surface area contributed by atoms with E-state index in [1.807, 2.05) is 37.6 Å². The predicted octanol–water partition coefficient (Wildman–Crippen LogP) is 2.01. The van der Waals surface area contributed by atoms with Crippen molar-refractivity contribution in [2.45, 2.75) is 39.3 Å². The highest BCUT2D eigenvalue weighted by molar-refractivity contribution is 7.08. The summed E-state index contributed by atoms with van der Waals surface area (Å²) in [6, 6.07) is 1.09. The van der Waals surface area contributed by atoms with E-state index in [1.54, 1.807) is 4.90 Å². The Morgan fingerprint density at radius 3 is 2.67 bits per heavy atom. The first kappa shape index (κ1) is 13.1. The molecule has 1 aliphatic rings. The Balaban J connectivity index is 2.37. The minimum Gasteiger partial charge on any atom is -0.342 e. The van der Waals surface area contributed by atoms with Gasteiger partial charge in [-0.05, 0) is 23.8 Å². The molecule has 1 N–H and O–H groups in total. The smallest absolute Gasteiger partial charge is 0.250 e. The standard InChI is InChI=1S/C13H18N2O2S/c1-4-10-12(16)14-11(8(2)3)13(17)15(10)9-5-6-18-7-9/h5-8,10-11H,4H2,1-3H3,(H,14,16). The maximum atomic E-state index is 12.5. The van der Waals surface area contributed by atoms with Gasteiger partial charge in [0.05, 0.1) is 5.69 Å². The van der Waals surface area contributed by atoms with Crippen molar-refractivity contribution in [1.82, 2.24) is 5.32 Å². The molecule has 98 valence electrons. The first-order valence-electron chi connectivity index (χ1n) is 6.22. The van der Waals surface area contributed by atoms with Crippen LogP contribution in [0.5, 0.6) is 0 Å². The highest BCUT2D eigenvalue weighted by Gasteiger charge is 2.41. The molecule has 0 saturated carbocycles. The Labute approximate surface area is 111 Å². The van der Waals surface area contributed by atoms with Crippen molar-refractivity contribution in [3.63, 3.8) is 0 Å². The number of hydrogen-bond acceptors (Lipinski definition) is 3. The molecule has 2 unspecified atom stereocenters. The normalized spacial score (nSPS) is 24.6. The first-order valence-corrected chi connectivity index (χ1v) is 7.16. The lowest BCUT2D eigenvalue weighted by Gasteiger charge is -2.39. The fraction of sp³-hybridized carbons (Fsp3) is 0.538. The van der Waals surface area contributed by atoms with Crippen LogP contribution in [-0.2, 0) is 9.59 Å². The minimum absolute atomic E-state index is 0.00477. The van der Waals surface area contributed by atoms with E-state index in [4.69, 9.17) is 0 Å². The maximum absolute atomic E-state index is 12.5. The molecule has 0 spiro atoms. The van der Waals surface area contributed by atoms with Crippen molar-refractivity contribution in [2.75, 3.05) is 4.90 Å². The zero-order valence-corrected chi connectivity index (χ0v) is 11.7. The second-order valence-corrected chi connectivity index (χ2v) is 5.62. The molecule has 1 aromatic rings. The van der Waals surface area contributed by atoms with E-state index < -0.39 is 6.04 Å². The number of amides is 2. The molecule has 0 radical (unpaired) electrons. The summed E-state index contributed by atoms with van der Waals surface area (Å²) < 4.78 is 0. The average molecular weight is 266 g/mol. The lowest BCUT2D eigenvalue weighted by molar-refractivity contribution is -0.134. The van der Waals surface area contributed by atoms with Crippen LogP contribution in [0, 0.1) is 5.92 Å². The highest BCUT2D eigenvalue weighted by atomic mass is 32.1. The number of carbonyl (C=O) groups is 2. The van der Waals surface area contributed by atoms with Crippen molar-refractivity contribution in [2.24, 2.45) is 5.92 Å². The maximum Gasteiger partial charge on any atom is 0.250 e. The molecule has 1 fully saturated rings. The molecular formula is C13H18N2O2S. The number of piperazine rings is 1. The fourth-order valence-electron chi connectivity index (χ4n) is 2.25. The van der Waals surface area contributed by atoms with Crippen LogP contribution in [0.3, 0.4) is 0 Å². The van der Waals surface area contributed by atoms with Crippen LogP contribution in [0.4, 0.5) is 5.69 Å². The number of nitrogens with zero attached hydrogens (tertiary/aromatic N) is 1. The van der Waals surface area contributed by atoms with Crippen molar-refractivity contribution in [3.8, 4) is 0 Å². The molecule has 2 heterocycles. The van der Waals surface area contributed by atoms with E-state index >= 15 is 0 Å². The van der Waals surface area contributed by atoms with Crippen molar-refractivity contribution < 1.29 is 9.59 Å². The molecule has 2 atom stereocenters. The quantitative estimate of drug-likeness (QED) is 0.910. The van der Waals surface area contributed by atoms with E-state index in [9.17, 15) is 9.59 Å². The monoisotopic (exact) mass is 266 g/mol. The summed E-state index contributed by atoms with van der Waals surface area (Å²) >= 11 is 1.53. The Hall–Kier alpha value is -1.36. The van der Waals surface area contributed by atoms with Crippen molar-refractivity contribution >= 4 is 28.8 Å². The average Bonchev–Trinajstić information content (AvgIpc) is 2.84. The molecule has 0 bridgehead atoms. The first-order chi connectivity index (χ1) is 8.56. The molecule has 2 amide bonds. The van der Waals surface area contributed by atoms with E-state index in [0.29, 0.717) is 6.42 Å². The Morgan fingerprint density at radius 1 is 1.44 bits per heavy atom. The molecule has 1 aromatic heterocycles. The second kappa shape index (κ2) is 5.10. The summed E-state index contributed by atoms with van der Waals surface area (Å²) in [5, 5.41) is 6.67. The van der Waals surface area contributed by atoms with Crippen LogP contribution >= 0.6 is 11.3 Å². The van der Waals surface area contributed by atoms with Gasteiger partial charge in [0, 0.05) is 5.38 Å². The van der Waals surface area contributed by atoms with Crippen LogP contribution in [0.2, 0.25) is 0 Å². The van der Waals surface area contributed by atoms with Gasteiger partial charge in [0.15, 0.2) is 0 Å². The third-order valence-electron chi connectivity index (χ3n) is 3.25. The minimum atomic E-state index is -0.416. The molecule has 0 aliphatic carbocycles. The summed E-state index contributed by atoms with van der Waals surface area (Å²) in [6.45, 7) is 5.81. The van der Waals surface area contributed by atoms with Gasteiger partial charge in [-0.2, -0.15) is 11.3 Å². The number of thiophene rings is 1. The Morgan fingerprint density at radius 2 is 2.17 bits per heavy atom. The van der Waals surface area contributed by atoms with E-state index in [2.05, 4.69) is 5.32 Å². The summed E-state index contributed by atoms with van der Waals surface area (Å²) in [7, 11) is 0. The van der Waals surface area contributed by atoms with Crippen LogP contribution in [0.25, 0.3) is 0 Å². The second-order valence-electron chi connectivity index (χ2n) is 4.84. The number of rotatable bonds is 3. The molecule has 18 heavy (non-hydrogen) atoms. The highest BCUT2D eigenvalue weighted by Crippen LogP contribution is 2.26. The fourth-order valence-corrected chi connectivity index (χ4v) is 2.88. The third-order valence-corrected chi connectivity index (χ3v) is 3.92. The predicted molar refractivity (Wildman–Crippen MR) is 72.7 cm³/mol. The van der Waals surface area contributed by atoms with Crippen LogP contribution in [0.1, 0.15) is 27.2 Å². The largest absolute Gasteiger partial charge is 0.342 e. The number of anilines is 1. The van der Waals surface area contributed by atoms with Gasteiger partial charge in [0.2, 0.25) is 5.91 Å². The van der Waals surface area contributed by atoms with Crippen molar-refractivity contribution in [1.29, 1.82) is 0 Å². The lowest BCUT2D eigenvalue weighted by Crippen LogP contribution is -2.64. The van der Waals surface area contributed by atoms with Crippen molar-refractivity contribution in [3.05, 3.63) is 16.8 Å². The summed E-state index contributed by atoms with van der Waals surface area (Å²) in [6.07, 6.45) is 0.623. The Kier molecular flexibility index (Phi) is 3.71. The number of carbonyl (C=O) groups excluding carboxylic acids is 2. The van der Waals surface area contributed by atoms with Crippen LogP contribution < -0.4 is 10.2 Å².